The lowest BCUT2D eigenvalue weighted by atomic mass is 9.49. The molecule has 2 bridgehead atoms. The van der Waals surface area contributed by atoms with Gasteiger partial charge in [-0.1, -0.05) is 25.3 Å². The molecule has 5 rings (SSSR count). The van der Waals surface area contributed by atoms with Crippen molar-refractivity contribution in [1.82, 2.24) is 4.90 Å². The van der Waals surface area contributed by atoms with Gasteiger partial charge in [0.05, 0.1) is 5.60 Å². The van der Waals surface area contributed by atoms with E-state index < -0.39 is 5.60 Å². The van der Waals surface area contributed by atoms with E-state index in [0.29, 0.717) is 5.75 Å². The van der Waals surface area contributed by atoms with E-state index in [1.807, 2.05) is 12.1 Å². The quantitative estimate of drug-likeness (QED) is 0.840. The smallest absolute Gasteiger partial charge is 0.115 e. The number of benzene rings is 1. The Balaban J connectivity index is 0.00000157. The van der Waals surface area contributed by atoms with Gasteiger partial charge in [-0.3, -0.25) is 4.90 Å². The highest BCUT2D eigenvalue weighted by molar-refractivity contribution is 5.85. The third-order valence-electron chi connectivity index (χ3n) is 7.80. The fourth-order valence-corrected chi connectivity index (χ4v) is 6.32. The molecule has 1 saturated heterocycles. The van der Waals surface area contributed by atoms with Crippen molar-refractivity contribution in [2.75, 3.05) is 13.1 Å². The fourth-order valence-electron chi connectivity index (χ4n) is 6.32. The van der Waals surface area contributed by atoms with E-state index in [0.717, 1.165) is 44.6 Å². The van der Waals surface area contributed by atoms with Crippen molar-refractivity contribution < 1.29 is 10.2 Å². The van der Waals surface area contributed by atoms with Crippen LogP contribution in [0.2, 0.25) is 0 Å². The Morgan fingerprint density at radius 1 is 1.08 bits per heavy atom. The summed E-state index contributed by atoms with van der Waals surface area (Å²) in [4.78, 5) is 2.63. The monoisotopic (exact) mass is 363 g/mol. The number of likely N-dealkylation sites (tertiary alicyclic amines) is 1. The molecule has 3 aliphatic carbocycles. The van der Waals surface area contributed by atoms with Crippen molar-refractivity contribution in [3.8, 4) is 5.75 Å². The van der Waals surface area contributed by atoms with Crippen LogP contribution in [0, 0.1) is 5.92 Å². The maximum atomic E-state index is 11.9. The molecule has 0 aromatic heterocycles. The summed E-state index contributed by atoms with van der Waals surface area (Å²) in [5.74, 6) is 1.21. The van der Waals surface area contributed by atoms with Crippen molar-refractivity contribution >= 4 is 12.4 Å². The number of aliphatic hydroxyl groups is 1. The molecule has 3 nitrogen and oxygen atoms in total. The van der Waals surface area contributed by atoms with Crippen molar-refractivity contribution in [1.29, 1.82) is 0 Å². The maximum absolute atomic E-state index is 11.9. The van der Waals surface area contributed by atoms with Gasteiger partial charge in [-0.05, 0) is 74.2 Å². The lowest BCUT2D eigenvalue weighted by molar-refractivity contribution is -0.169. The Labute approximate surface area is 156 Å². The van der Waals surface area contributed by atoms with Gasteiger partial charge in [-0.25, -0.2) is 0 Å². The van der Waals surface area contributed by atoms with Crippen LogP contribution >= 0.6 is 12.4 Å². The number of hydrogen-bond acceptors (Lipinski definition) is 3. The molecule has 1 heterocycles. The van der Waals surface area contributed by atoms with Crippen LogP contribution in [0.25, 0.3) is 0 Å². The van der Waals surface area contributed by atoms with Crippen molar-refractivity contribution in [2.45, 2.75) is 74.8 Å². The highest BCUT2D eigenvalue weighted by Crippen LogP contribution is 2.58. The fraction of sp³-hybridized carbons (Fsp3) is 0.714. The minimum Gasteiger partial charge on any atom is -0.508 e. The molecule has 25 heavy (non-hydrogen) atoms. The standard InChI is InChI=1S/C21H29NO2.ClH/c23-17-7-6-16-12-19-21(24)9-2-1-8-20(21,18(16)13-17)10-11-22(19)14-15-4-3-5-15;/h6-7,13,15,19,23-24H,1-5,8-12,14H2;1H/t19-,20+,21?;/m1./s1. The summed E-state index contributed by atoms with van der Waals surface area (Å²) in [6, 6.07) is 6.17. The Morgan fingerprint density at radius 2 is 1.88 bits per heavy atom. The van der Waals surface area contributed by atoms with Crippen LogP contribution in [0.15, 0.2) is 18.2 Å². The van der Waals surface area contributed by atoms with E-state index in [9.17, 15) is 10.2 Å². The maximum Gasteiger partial charge on any atom is 0.115 e. The van der Waals surface area contributed by atoms with Gasteiger partial charge in [0.25, 0.3) is 0 Å². The summed E-state index contributed by atoms with van der Waals surface area (Å²) in [6.45, 7) is 2.29. The predicted octanol–water partition coefficient (Wildman–Crippen LogP) is 3.79. The SMILES string of the molecule is Cl.Oc1ccc2c(c1)[C@@]13CCCCC1(O)[C@@H](C2)N(CC1CCC1)CC3. The Kier molecular flexibility index (Phi) is 4.33. The topological polar surface area (TPSA) is 43.7 Å². The molecule has 0 amide bonds. The Bertz CT molecular complexity index is 661. The average Bonchev–Trinajstić information content (AvgIpc) is 2.53. The molecule has 0 spiro atoms. The van der Waals surface area contributed by atoms with Crippen LogP contribution in [0.1, 0.15) is 62.5 Å². The number of aromatic hydroxyl groups is 1. The van der Waals surface area contributed by atoms with Crippen molar-refractivity contribution in [3.63, 3.8) is 0 Å². The van der Waals surface area contributed by atoms with Crippen LogP contribution in [-0.2, 0) is 11.8 Å². The number of hydrogen-bond donors (Lipinski definition) is 2. The predicted molar refractivity (Wildman–Crippen MR) is 101 cm³/mol. The van der Waals surface area contributed by atoms with E-state index in [-0.39, 0.29) is 23.9 Å². The zero-order valence-electron chi connectivity index (χ0n) is 14.9. The van der Waals surface area contributed by atoms with Gasteiger partial charge in [0.1, 0.15) is 5.75 Å². The zero-order valence-corrected chi connectivity index (χ0v) is 15.7. The summed E-state index contributed by atoms with van der Waals surface area (Å²) in [7, 11) is 0. The molecule has 1 unspecified atom stereocenters. The first kappa shape index (κ1) is 17.6. The second kappa shape index (κ2) is 6.14. The van der Waals surface area contributed by atoms with E-state index in [4.69, 9.17) is 0 Å². The molecule has 1 aromatic rings. The number of phenolic OH excluding ortho intramolecular Hbond substituents is 1. The highest BCUT2D eigenvalue weighted by atomic mass is 35.5. The first-order valence-corrected chi connectivity index (χ1v) is 9.91. The van der Waals surface area contributed by atoms with Crippen molar-refractivity contribution in [3.05, 3.63) is 29.3 Å². The molecular formula is C21H30ClNO2. The molecule has 1 aliphatic heterocycles. The largest absolute Gasteiger partial charge is 0.508 e. The number of halogens is 1. The number of piperidine rings is 1. The zero-order chi connectivity index (χ0) is 16.4. The van der Waals surface area contributed by atoms with E-state index in [1.54, 1.807) is 0 Å². The van der Waals surface area contributed by atoms with E-state index in [1.165, 1.54) is 43.4 Å². The van der Waals surface area contributed by atoms with Crippen LogP contribution in [0.3, 0.4) is 0 Å². The molecule has 0 radical (unpaired) electrons. The molecule has 1 aromatic carbocycles. The number of rotatable bonds is 2. The number of nitrogens with zero attached hydrogens (tertiary/aromatic N) is 1. The van der Waals surface area contributed by atoms with E-state index >= 15 is 0 Å². The minimum atomic E-state index is -0.603. The van der Waals surface area contributed by atoms with E-state index in [2.05, 4.69) is 11.0 Å². The lowest BCUT2D eigenvalue weighted by Gasteiger charge is -2.64. The first-order chi connectivity index (χ1) is 11.6. The minimum absolute atomic E-state index is 0. The molecule has 3 fully saturated rings. The first-order valence-electron chi connectivity index (χ1n) is 9.91. The van der Waals surface area contributed by atoms with Crippen molar-refractivity contribution in [2.24, 2.45) is 5.92 Å². The highest BCUT2D eigenvalue weighted by Gasteiger charge is 2.63. The van der Waals surface area contributed by atoms with Gasteiger partial charge in [-0.2, -0.15) is 0 Å². The summed E-state index contributed by atoms with van der Waals surface area (Å²) < 4.78 is 0. The van der Waals surface area contributed by atoms with Crippen LogP contribution in [0.5, 0.6) is 5.75 Å². The van der Waals surface area contributed by atoms with Gasteiger partial charge < -0.3 is 10.2 Å². The second-order valence-electron chi connectivity index (χ2n) is 8.82. The second-order valence-corrected chi connectivity index (χ2v) is 8.82. The number of phenols is 1. The summed E-state index contributed by atoms with van der Waals surface area (Å²) >= 11 is 0. The Morgan fingerprint density at radius 3 is 2.64 bits per heavy atom. The average molecular weight is 364 g/mol. The summed E-state index contributed by atoms with van der Waals surface area (Å²) in [5.41, 5.74) is 1.89. The molecule has 138 valence electrons. The molecule has 2 saturated carbocycles. The lowest BCUT2D eigenvalue weighted by Crippen LogP contribution is -2.72. The van der Waals surface area contributed by atoms with Gasteiger partial charge in [0, 0.05) is 18.0 Å². The molecule has 3 atom stereocenters. The van der Waals surface area contributed by atoms with Gasteiger partial charge >= 0.3 is 0 Å². The normalized spacial score (nSPS) is 37.4. The molecule has 2 N–H and O–H groups in total. The number of fused-ring (bicyclic) bond motifs is 1. The molecular weight excluding hydrogens is 334 g/mol. The van der Waals surface area contributed by atoms with Gasteiger partial charge in [0.15, 0.2) is 0 Å². The summed E-state index contributed by atoms with van der Waals surface area (Å²) in [6.07, 6.45) is 10.5. The third kappa shape index (κ3) is 2.39. The van der Waals surface area contributed by atoms with Gasteiger partial charge in [0.2, 0.25) is 0 Å². The Hall–Kier alpha value is -0.770. The summed E-state index contributed by atoms with van der Waals surface area (Å²) in [5, 5.41) is 22.0. The van der Waals surface area contributed by atoms with Crippen LogP contribution in [-0.4, -0.2) is 39.8 Å². The van der Waals surface area contributed by atoms with Crippen LogP contribution in [0.4, 0.5) is 0 Å². The van der Waals surface area contributed by atoms with Crippen LogP contribution < -0.4 is 0 Å². The molecule has 4 aliphatic rings. The van der Waals surface area contributed by atoms with Gasteiger partial charge in [-0.15, -0.1) is 12.4 Å². The third-order valence-corrected chi connectivity index (χ3v) is 7.80. The molecule has 4 heteroatoms.